The zero-order chi connectivity index (χ0) is 26.0. The molecule has 0 fully saturated rings. The third kappa shape index (κ3) is 7.28. The lowest BCUT2D eigenvalue weighted by atomic mass is 10.0. The fraction of sp³-hybridized carbons (Fsp3) is 0.143. The topological polar surface area (TPSA) is 127 Å². The van der Waals surface area contributed by atoms with Crippen molar-refractivity contribution in [3.05, 3.63) is 107 Å². The standard InChI is InChI=1S/C28H25N3O6/c32-26(33)25-17-24(22-16-21(11-12-23(22)30-25)15-19-7-3-1-4-8-19)31-28(35)36-14-13-29-27(34)37-18-20-9-5-2-6-10-20/h1-12,16-17H,13-15,18H2,(H,29,34)(H,32,33)(H,30,31,35). The number of alkyl carbamates (subject to hydrolysis) is 1. The minimum absolute atomic E-state index is 0.0414. The fourth-order valence-electron chi connectivity index (χ4n) is 3.64. The molecule has 4 aromatic rings. The third-order valence-electron chi connectivity index (χ3n) is 5.40. The van der Waals surface area contributed by atoms with Gasteiger partial charge in [0, 0.05) is 5.39 Å². The van der Waals surface area contributed by atoms with Gasteiger partial charge in [0.05, 0.1) is 17.7 Å². The molecule has 1 heterocycles. The Morgan fingerprint density at radius 1 is 0.784 bits per heavy atom. The van der Waals surface area contributed by atoms with E-state index in [1.807, 2.05) is 72.8 Å². The molecular formula is C28H25N3O6. The quantitative estimate of drug-likeness (QED) is 0.277. The van der Waals surface area contributed by atoms with E-state index in [0.29, 0.717) is 17.3 Å². The number of carbonyl (C=O) groups excluding carboxylic acids is 2. The minimum Gasteiger partial charge on any atom is -0.477 e. The highest BCUT2D eigenvalue weighted by atomic mass is 16.6. The van der Waals surface area contributed by atoms with Gasteiger partial charge in [0.25, 0.3) is 0 Å². The molecule has 0 saturated carbocycles. The largest absolute Gasteiger partial charge is 0.477 e. The number of aromatic carboxylic acids is 1. The summed E-state index contributed by atoms with van der Waals surface area (Å²) in [6, 6.07) is 25.9. The zero-order valence-corrected chi connectivity index (χ0v) is 19.8. The molecule has 3 N–H and O–H groups in total. The molecule has 188 valence electrons. The van der Waals surface area contributed by atoms with Crippen LogP contribution in [0.2, 0.25) is 0 Å². The predicted molar refractivity (Wildman–Crippen MR) is 138 cm³/mol. The van der Waals surface area contributed by atoms with Gasteiger partial charge in [-0.1, -0.05) is 66.7 Å². The first-order chi connectivity index (χ1) is 18.0. The summed E-state index contributed by atoms with van der Waals surface area (Å²) in [5.74, 6) is -1.22. The number of hydrogen-bond donors (Lipinski definition) is 3. The molecule has 4 rings (SSSR count). The molecule has 37 heavy (non-hydrogen) atoms. The second-order valence-corrected chi connectivity index (χ2v) is 8.12. The van der Waals surface area contributed by atoms with Crippen LogP contribution in [-0.4, -0.2) is 41.4 Å². The van der Waals surface area contributed by atoms with Crippen LogP contribution in [-0.2, 0) is 22.5 Å². The van der Waals surface area contributed by atoms with Crippen LogP contribution in [0.3, 0.4) is 0 Å². The molecule has 0 saturated heterocycles. The SMILES string of the molecule is O=C(NCCOC(=O)Nc1cc(C(=O)O)nc2ccc(Cc3ccccc3)cc12)OCc1ccccc1. The van der Waals surface area contributed by atoms with Crippen LogP contribution in [0, 0.1) is 0 Å². The number of anilines is 1. The van der Waals surface area contributed by atoms with Crippen LogP contribution in [0.15, 0.2) is 84.9 Å². The Morgan fingerprint density at radius 3 is 2.19 bits per heavy atom. The van der Waals surface area contributed by atoms with E-state index in [-0.39, 0.29) is 31.1 Å². The normalized spacial score (nSPS) is 10.5. The van der Waals surface area contributed by atoms with E-state index in [2.05, 4.69) is 15.6 Å². The molecule has 0 unspecified atom stereocenters. The molecule has 9 nitrogen and oxygen atoms in total. The van der Waals surface area contributed by atoms with Gasteiger partial charge < -0.3 is 19.9 Å². The molecule has 0 spiro atoms. The van der Waals surface area contributed by atoms with Crippen LogP contribution < -0.4 is 10.6 Å². The summed E-state index contributed by atoms with van der Waals surface area (Å²) in [6.45, 7) is 0.0569. The molecule has 3 aromatic carbocycles. The number of nitrogens with zero attached hydrogens (tertiary/aromatic N) is 1. The number of carboxylic acids is 1. The summed E-state index contributed by atoms with van der Waals surface area (Å²) in [5, 5.41) is 15.1. The first-order valence-corrected chi connectivity index (χ1v) is 11.6. The van der Waals surface area contributed by atoms with E-state index in [1.165, 1.54) is 6.07 Å². The van der Waals surface area contributed by atoms with Gasteiger partial charge in [-0.25, -0.2) is 19.4 Å². The maximum atomic E-state index is 12.4. The van der Waals surface area contributed by atoms with Crippen molar-refractivity contribution < 1.29 is 29.0 Å². The number of hydrogen-bond acceptors (Lipinski definition) is 6. The van der Waals surface area contributed by atoms with Crippen molar-refractivity contribution in [3.63, 3.8) is 0 Å². The summed E-state index contributed by atoms with van der Waals surface area (Å²) in [4.78, 5) is 40.0. The molecular weight excluding hydrogens is 474 g/mol. The number of benzene rings is 3. The van der Waals surface area contributed by atoms with Crippen molar-refractivity contribution in [1.82, 2.24) is 10.3 Å². The molecule has 9 heteroatoms. The van der Waals surface area contributed by atoms with Gasteiger partial charge in [0.1, 0.15) is 13.2 Å². The molecule has 0 bridgehead atoms. The molecule has 0 aliphatic heterocycles. The zero-order valence-electron chi connectivity index (χ0n) is 19.8. The van der Waals surface area contributed by atoms with Crippen molar-refractivity contribution in [3.8, 4) is 0 Å². The maximum absolute atomic E-state index is 12.4. The Labute approximate surface area is 213 Å². The van der Waals surface area contributed by atoms with Gasteiger partial charge in [-0.05, 0) is 41.3 Å². The number of amides is 2. The molecule has 0 aliphatic carbocycles. The Balaban J connectivity index is 1.36. The van der Waals surface area contributed by atoms with E-state index in [9.17, 15) is 19.5 Å². The van der Waals surface area contributed by atoms with Crippen LogP contribution in [0.25, 0.3) is 10.9 Å². The van der Waals surface area contributed by atoms with Gasteiger partial charge in [-0.15, -0.1) is 0 Å². The summed E-state index contributed by atoms with van der Waals surface area (Å²) >= 11 is 0. The van der Waals surface area contributed by atoms with Gasteiger partial charge in [-0.3, -0.25) is 5.32 Å². The first kappa shape index (κ1) is 25.2. The van der Waals surface area contributed by atoms with Crippen molar-refractivity contribution in [2.24, 2.45) is 0 Å². The Hall–Kier alpha value is -4.92. The fourth-order valence-corrected chi connectivity index (χ4v) is 3.64. The van der Waals surface area contributed by atoms with Crippen molar-refractivity contribution in [2.75, 3.05) is 18.5 Å². The number of fused-ring (bicyclic) bond motifs is 1. The Kier molecular flexibility index (Phi) is 8.28. The van der Waals surface area contributed by atoms with Crippen molar-refractivity contribution in [2.45, 2.75) is 13.0 Å². The van der Waals surface area contributed by atoms with Crippen LogP contribution >= 0.6 is 0 Å². The number of ether oxygens (including phenoxy) is 2. The maximum Gasteiger partial charge on any atom is 0.411 e. The summed E-state index contributed by atoms with van der Waals surface area (Å²) < 4.78 is 10.2. The van der Waals surface area contributed by atoms with E-state index in [0.717, 1.165) is 16.7 Å². The van der Waals surface area contributed by atoms with Gasteiger partial charge >= 0.3 is 18.2 Å². The minimum atomic E-state index is -1.22. The molecule has 0 radical (unpaired) electrons. The average molecular weight is 500 g/mol. The predicted octanol–water partition coefficient (Wildman–Crippen LogP) is 5.00. The molecule has 2 amide bonds. The van der Waals surface area contributed by atoms with Crippen LogP contribution in [0.4, 0.5) is 15.3 Å². The van der Waals surface area contributed by atoms with E-state index in [4.69, 9.17) is 9.47 Å². The lowest BCUT2D eigenvalue weighted by Gasteiger charge is -2.12. The summed E-state index contributed by atoms with van der Waals surface area (Å²) in [5.41, 5.74) is 3.42. The highest BCUT2D eigenvalue weighted by Crippen LogP contribution is 2.26. The Bertz CT molecular complexity index is 1390. The third-order valence-corrected chi connectivity index (χ3v) is 5.40. The molecule has 0 aliphatic rings. The highest BCUT2D eigenvalue weighted by molar-refractivity contribution is 6.02. The lowest BCUT2D eigenvalue weighted by Crippen LogP contribution is -2.29. The number of nitrogens with one attached hydrogen (secondary N) is 2. The van der Waals surface area contributed by atoms with E-state index >= 15 is 0 Å². The summed E-state index contributed by atoms with van der Waals surface area (Å²) in [6.07, 6.45) is -0.769. The number of carbonyl (C=O) groups is 3. The molecule has 0 atom stereocenters. The van der Waals surface area contributed by atoms with Gasteiger partial charge in [-0.2, -0.15) is 0 Å². The highest BCUT2D eigenvalue weighted by Gasteiger charge is 2.14. The number of pyridine rings is 1. The van der Waals surface area contributed by atoms with E-state index < -0.39 is 18.2 Å². The van der Waals surface area contributed by atoms with E-state index in [1.54, 1.807) is 6.07 Å². The monoisotopic (exact) mass is 499 g/mol. The van der Waals surface area contributed by atoms with Crippen LogP contribution in [0.5, 0.6) is 0 Å². The first-order valence-electron chi connectivity index (χ1n) is 11.6. The smallest absolute Gasteiger partial charge is 0.411 e. The Morgan fingerprint density at radius 2 is 1.49 bits per heavy atom. The summed E-state index contributed by atoms with van der Waals surface area (Å²) in [7, 11) is 0. The van der Waals surface area contributed by atoms with Gasteiger partial charge in [0.2, 0.25) is 0 Å². The van der Waals surface area contributed by atoms with Crippen LogP contribution in [0.1, 0.15) is 27.2 Å². The number of carboxylic acid groups (broad SMARTS) is 1. The second-order valence-electron chi connectivity index (χ2n) is 8.12. The number of rotatable bonds is 9. The van der Waals surface area contributed by atoms with Crippen molar-refractivity contribution >= 4 is 34.7 Å². The number of aromatic nitrogens is 1. The van der Waals surface area contributed by atoms with Gasteiger partial charge in [0.15, 0.2) is 5.69 Å². The molecule has 1 aromatic heterocycles. The second kappa shape index (κ2) is 12.2. The lowest BCUT2D eigenvalue weighted by molar-refractivity contribution is 0.0690. The van der Waals surface area contributed by atoms with Crippen molar-refractivity contribution in [1.29, 1.82) is 0 Å². The average Bonchev–Trinajstić information content (AvgIpc) is 2.91.